The lowest BCUT2D eigenvalue weighted by Gasteiger charge is -2.41. The molecule has 0 fully saturated rings. The molecule has 0 aliphatic heterocycles. The molecule has 0 aromatic rings. The lowest BCUT2D eigenvalue weighted by Crippen LogP contribution is -2.50. The van der Waals surface area contributed by atoms with Gasteiger partial charge in [-0.2, -0.15) is 0 Å². The van der Waals surface area contributed by atoms with Crippen molar-refractivity contribution in [3.8, 4) is 0 Å². The van der Waals surface area contributed by atoms with Gasteiger partial charge in [-0.15, -0.1) is 0 Å². The fourth-order valence-corrected chi connectivity index (χ4v) is 1.10. The highest BCUT2D eigenvalue weighted by Crippen LogP contribution is 2.51. The van der Waals surface area contributed by atoms with Crippen LogP contribution >= 0.6 is 0 Å². The first-order valence-electron chi connectivity index (χ1n) is 4.10. The molecule has 13 heavy (non-hydrogen) atoms. The molecule has 80 valence electrons. The van der Waals surface area contributed by atoms with Crippen LogP contribution in [0.1, 0.15) is 34.6 Å². The minimum Gasteiger partial charge on any atom is -0.210 e. The molecule has 0 bridgehead atoms. The normalized spacial score (nSPS) is 15.2. The predicted octanol–water partition coefficient (Wildman–Crippen LogP) is 3.96. The topological polar surface area (TPSA) is 0 Å². The molecule has 0 radical (unpaired) electrons. The predicted molar refractivity (Wildman–Crippen MR) is 44.2 cm³/mol. The number of hydrogen-bond acceptors (Lipinski definition) is 0. The molecule has 0 aromatic heterocycles. The first kappa shape index (κ1) is 12.7. The third-order valence-electron chi connectivity index (χ3n) is 2.30. The number of rotatable bonds is 2. The number of hydrogen-bond donors (Lipinski definition) is 0. The average Bonchev–Trinajstić information content (AvgIpc) is 1.84. The molecule has 0 aromatic carbocycles. The van der Waals surface area contributed by atoms with Gasteiger partial charge in [0.2, 0.25) is 6.43 Å². The van der Waals surface area contributed by atoms with E-state index in [1.807, 2.05) is 0 Å². The maximum atomic E-state index is 13.5. The van der Waals surface area contributed by atoms with Crippen molar-refractivity contribution in [1.82, 2.24) is 0 Å². The van der Waals surface area contributed by atoms with Crippen molar-refractivity contribution in [2.75, 3.05) is 0 Å². The van der Waals surface area contributed by atoms with Crippen molar-refractivity contribution in [1.29, 1.82) is 0 Å². The summed E-state index contributed by atoms with van der Waals surface area (Å²) in [6.07, 6.45) is -3.03. The van der Waals surface area contributed by atoms with Gasteiger partial charge in [0.15, 0.2) is 0 Å². The lowest BCUT2D eigenvalue weighted by atomic mass is 9.72. The molecule has 0 amide bonds. The van der Waals surface area contributed by atoms with Gasteiger partial charge in [0.25, 0.3) is 5.92 Å². The van der Waals surface area contributed by atoms with E-state index < -0.39 is 23.2 Å². The Morgan fingerprint density at radius 1 is 0.846 bits per heavy atom. The van der Waals surface area contributed by atoms with Crippen molar-refractivity contribution in [2.24, 2.45) is 10.8 Å². The largest absolute Gasteiger partial charge is 0.263 e. The van der Waals surface area contributed by atoms with E-state index in [1.165, 1.54) is 20.8 Å². The second kappa shape index (κ2) is 3.14. The Kier molecular flexibility index (Phi) is 3.07. The molecule has 0 atom stereocenters. The van der Waals surface area contributed by atoms with E-state index in [4.69, 9.17) is 0 Å². The van der Waals surface area contributed by atoms with E-state index in [2.05, 4.69) is 0 Å². The summed E-state index contributed by atoms with van der Waals surface area (Å²) < 4.78 is 51.7. The Hall–Kier alpha value is -0.280. The molecule has 0 aliphatic rings. The van der Waals surface area contributed by atoms with Crippen LogP contribution in [0.4, 0.5) is 17.6 Å². The van der Waals surface area contributed by atoms with E-state index in [0.717, 1.165) is 13.8 Å². The van der Waals surface area contributed by atoms with Crippen molar-refractivity contribution < 1.29 is 17.6 Å². The number of halogens is 4. The first-order valence-corrected chi connectivity index (χ1v) is 4.10. The number of alkyl halides is 4. The smallest absolute Gasteiger partial charge is 0.210 e. The monoisotopic (exact) mass is 200 g/mol. The minimum absolute atomic E-state index is 0.892. The fourth-order valence-electron chi connectivity index (χ4n) is 1.10. The molecule has 4 heteroatoms. The van der Waals surface area contributed by atoms with Gasteiger partial charge >= 0.3 is 0 Å². The molecule has 0 nitrogen and oxygen atoms in total. The summed E-state index contributed by atoms with van der Waals surface area (Å²) in [6, 6.07) is 0. The highest BCUT2D eigenvalue weighted by atomic mass is 19.3. The van der Waals surface area contributed by atoms with Crippen LogP contribution in [-0.2, 0) is 0 Å². The summed E-state index contributed by atoms with van der Waals surface area (Å²) in [5, 5.41) is 0. The van der Waals surface area contributed by atoms with Crippen LogP contribution < -0.4 is 0 Å². The first-order chi connectivity index (χ1) is 5.44. The molecule has 0 spiro atoms. The van der Waals surface area contributed by atoms with Gasteiger partial charge in [-0.1, -0.05) is 20.8 Å². The zero-order chi connectivity index (χ0) is 11.1. The van der Waals surface area contributed by atoms with Crippen molar-refractivity contribution in [3.63, 3.8) is 0 Å². The van der Waals surface area contributed by atoms with E-state index in [-0.39, 0.29) is 0 Å². The van der Waals surface area contributed by atoms with Crippen LogP contribution in [0.15, 0.2) is 0 Å². The molecule has 0 N–H and O–H groups in total. The fraction of sp³-hybridized carbons (Fsp3) is 1.00. The van der Waals surface area contributed by atoms with E-state index in [0.29, 0.717) is 0 Å². The summed E-state index contributed by atoms with van der Waals surface area (Å²) >= 11 is 0. The van der Waals surface area contributed by atoms with Gasteiger partial charge in [-0.05, 0) is 13.8 Å². The van der Waals surface area contributed by atoms with Crippen LogP contribution in [-0.4, -0.2) is 12.3 Å². The second-order valence-corrected chi connectivity index (χ2v) is 4.85. The van der Waals surface area contributed by atoms with E-state index in [1.54, 1.807) is 0 Å². The summed E-state index contributed by atoms with van der Waals surface area (Å²) in [4.78, 5) is 0. The highest BCUT2D eigenvalue weighted by Gasteiger charge is 2.59. The van der Waals surface area contributed by atoms with Crippen LogP contribution in [0.5, 0.6) is 0 Å². The SMILES string of the molecule is CC(C)(C)C(F)(F)C(C)(C)C(F)F. The third kappa shape index (κ3) is 1.97. The summed E-state index contributed by atoms with van der Waals surface area (Å²) in [7, 11) is 0. The Bertz CT molecular complexity index is 177. The third-order valence-corrected chi connectivity index (χ3v) is 2.30. The van der Waals surface area contributed by atoms with Crippen LogP contribution in [0.3, 0.4) is 0 Å². The van der Waals surface area contributed by atoms with Crippen LogP contribution in [0.2, 0.25) is 0 Å². The standard InChI is InChI=1S/C9H16F4/c1-7(2,3)9(12,13)8(4,5)6(10)11/h6H,1-5H3. The zero-order valence-corrected chi connectivity index (χ0v) is 8.59. The molecule has 0 unspecified atom stereocenters. The molecule has 0 aliphatic carbocycles. The van der Waals surface area contributed by atoms with Crippen LogP contribution in [0.25, 0.3) is 0 Å². The quantitative estimate of drug-likeness (QED) is 0.592. The second-order valence-electron chi connectivity index (χ2n) is 4.85. The van der Waals surface area contributed by atoms with Gasteiger partial charge in [0.1, 0.15) is 0 Å². The van der Waals surface area contributed by atoms with Crippen molar-refractivity contribution in [2.45, 2.75) is 47.0 Å². The highest BCUT2D eigenvalue weighted by molar-refractivity contribution is 4.95. The molecule has 0 heterocycles. The Balaban J connectivity index is 5.04. The van der Waals surface area contributed by atoms with E-state index in [9.17, 15) is 17.6 Å². The summed E-state index contributed by atoms with van der Waals surface area (Å²) in [5.74, 6) is -3.39. The average molecular weight is 200 g/mol. The zero-order valence-electron chi connectivity index (χ0n) is 8.59. The van der Waals surface area contributed by atoms with Crippen molar-refractivity contribution in [3.05, 3.63) is 0 Å². The Labute approximate surface area is 76.3 Å². The molecule has 0 saturated carbocycles. The van der Waals surface area contributed by atoms with E-state index >= 15 is 0 Å². The maximum absolute atomic E-state index is 13.5. The minimum atomic E-state index is -3.39. The van der Waals surface area contributed by atoms with Gasteiger partial charge < -0.3 is 0 Å². The Morgan fingerprint density at radius 2 is 1.15 bits per heavy atom. The lowest BCUT2D eigenvalue weighted by molar-refractivity contribution is -0.222. The van der Waals surface area contributed by atoms with Gasteiger partial charge in [0.05, 0.1) is 5.41 Å². The maximum Gasteiger partial charge on any atom is 0.263 e. The summed E-state index contributed by atoms with van der Waals surface area (Å²) in [5.41, 5.74) is -3.74. The molecule has 0 rings (SSSR count). The van der Waals surface area contributed by atoms with Gasteiger partial charge in [-0.25, -0.2) is 17.6 Å². The molecular weight excluding hydrogens is 184 g/mol. The summed E-state index contributed by atoms with van der Waals surface area (Å²) in [6.45, 7) is 5.57. The Morgan fingerprint density at radius 3 is 1.23 bits per heavy atom. The molecule has 0 saturated heterocycles. The van der Waals surface area contributed by atoms with Gasteiger partial charge in [-0.3, -0.25) is 0 Å². The van der Waals surface area contributed by atoms with Gasteiger partial charge in [0, 0.05) is 5.41 Å². The molecular formula is C9H16F4. The van der Waals surface area contributed by atoms with Crippen molar-refractivity contribution >= 4 is 0 Å². The van der Waals surface area contributed by atoms with Crippen LogP contribution in [0, 0.1) is 10.8 Å².